The highest BCUT2D eigenvalue weighted by atomic mass is 35.5. The van der Waals surface area contributed by atoms with Crippen molar-refractivity contribution in [1.82, 2.24) is 14.7 Å². The summed E-state index contributed by atoms with van der Waals surface area (Å²) < 4.78 is 6.19. The van der Waals surface area contributed by atoms with Crippen molar-refractivity contribution in [2.45, 2.75) is 31.7 Å². The number of halogens is 2. The van der Waals surface area contributed by atoms with Gasteiger partial charge in [-0.1, -0.05) is 47.5 Å². The van der Waals surface area contributed by atoms with Gasteiger partial charge in [0.25, 0.3) is 0 Å². The fourth-order valence-electron chi connectivity index (χ4n) is 4.21. The van der Waals surface area contributed by atoms with Crippen LogP contribution in [-0.4, -0.2) is 74.5 Å². The third-order valence-corrected chi connectivity index (χ3v) is 6.85. The Morgan fingerprint density at radius 2 is 1.79 bits per heavy atom. The van der Waals surface area contributed by atoms with Crippen LogP contribution in [0.4, 0.5) is 0 Å². The Labute approximate surface area is 208 Å². The first-order valence-corrected chi connectivity index (χ1v) is 12.4. The fourth-order valence-corrected chi connectivity index (χ4v) is 4.53. The highest BCUT2D eigenvalue weighted by molar-refractivity contribution is 6.42. The summed E-state index contributed by atoms with van der Waals surface area (Å²) in [7, 11) is 6.02. The quantitative estimate of drug-likeness (QED) is 0.406. The summed E-state index contributed by atoms with van der Waals surface area (Å²) in [5, 5.41) is 0.961. The minimum Gasteiger partial charge on any atom is -0.493 e. The number of rotatable bonds is 11. The molecule has 3 rings (SSSR count). The van der Waals surface area contributed by atoms with Crippen LogP contribution in [0.1, 0.15) is 36.4 Å². The molecule has 1 fully saturated rings. The average Bonchev–Trinajstić information content (AvgIpc) is 3.31. The molecule has 7 heteroatoms. The second kappa shape index (κ2) is 12.6. The molecule has 2 aromatic carbocycles. The smallest absolute Gasteiger partial charge is 0.227 e. The van der Waals surface area contributed by atoms with Crippen LogP contribution >= 0.6 is 23.2 Å². The normalized spacial score (nSPS) is 15.1. The molecule has 1 atom stereocenters. The van der Waals surface area contributed by atoms with Crippen LogP contribution < -0.4 is 4.74 Å². The number of ether oxygens (including phenoxy) is 1. The summed E-state index contributed by atoms with van der Waals surface area (Å²) in [6.07, 6.45) is 3.63. The molecule has 0 spiro atoms. The third kappa shape index (κ3) is 7.61. The van der Waals surface area contributed by atoms with Crippen LogP contribution in [0.3, 0.4) is 0 Å². The monoisotopic (exact) mass is 491 g/mol. The summed E-state index contributed by atoms with van der Waals surface area (Å²) in [6, 6.07) is 13.4. The average molecular weight is 492 g/mol. The first-order chi connectivity index (χ1) is 15.8. The zero-order valence-corrected chi connectivity index (χ0v) is 21.4. The van der Waals surface area contributed by atoms with Gasteiger partial charge in [-0.05, 0) is 70.2 Å². The molecule has 33 heavy (non-hydrogen) atoms. The number of carbonyl (C=O) groups excluding carboxylic acids is 1. The van der Waals surface area contributed by atoms with E-state index in [1.807, 2.05) is 36.2 Å². The predicted molar refractivity (Wildman–Crippen MR) is 136 cm³/mol. The van der Waals surface area contributed by atoms with E-state index >= 15 is 0 Å². The van der Waals surface area contributed by atoms with Crippen LogP contribution in [0.25, 0.3) is 0 Å². The van der Waals surface area contributed by atoms with Gasteiger partial charge in [0, 0.05) is 25.7 Å². The minimum atomic E-state index is -0.0941. The van der Waals surface area contributed by atoms with E-state index in [2.05, 4.69) is 30.0 Å². The number of likely N-dealkylation sites (tertiary alicyclic amines) is 1. The first kappa shape index (κ1) is 25.8. The largest absolute Gasteiger partial charge is 0.493 e. The van der Waals surface area contributed by atoms with Crippen molar-refractivity contribution in [3.05, 3.63) is 63.6 Å². The van der Waals surface area contributed by atoms with Crippen molar-refractivity contribution in [2.75, 3.05) is 53.9 Å². The Kier molecular flexibility index (Phi) is 9.87. The topological polar surface area (TPSA) is 36.0 Å². The highest BCUT2D eigenvalue weighted by Crippen LogP contribution is 2.31. The summed E-state index contributed by atoms with van der Waals surface area (Å²) >= 11 is 12.2. The number of carbonyl (C=O) groups is 1. The lowest BCUT2D eigenvalue weighted by atomic mass is 10.0. The van der Waals surface area contributed by atoms with E-state index in [0.717, 1.165) is 49.5 Å². The molecule has 1 aliphatic rings. The fraction of sp³-hybridized carbons (Fsp3) is 0.500. The molecule has 0 saturated carbocycles. The van der Waals surface area contributed by atoms with Crippen molar-refractivity contribution in [2.24, 2.45) is 0 Å². The number of amides is 1. The second-order valence-corrected chi connectivity index (χ2v) is 9.81. The van der Waals surface area contributed by atoms with Crippen molar-refractivity contribution in [3.8, 4) is 5.75 Å². The molecule has 0 unspecified atom stereocenters. The van der Waals surface area contributed by atoms with Crippen molar-refractivity contribution in [1.29, 1.82) is 0 Å². The van der Waals surface area contributed by atoms with Crippen molar-refractivity contribution in [3.63, 3.8) is 0 Å². The molecule has 180 valence electrons. The lowest BCUT2D eigenvalue weighted by Crippen LogP contribution is -2.39. The van der Waals surface area contributed by atoms with Gasteiger partial charge < -0.3 is 19.4 Å². The Morgan fingerprint density at radius 3 is 2.48 bits per heavy atom. The molecule has 0 N–H and O–H groups in total. The van der Waals surface area contributed by atoms with Gasteiger partial charge in [-0.15, -0.1) is 0 Å². The van der Waals surface area contributed by atoms with Crippen LogP contribution in [0.15, 0.2) is 42.5 Å². The zero-order valence-electron chi connectivity index (χ0n) is 19.9. The van der Waals surface area contributed by atoms with Crippen molar-refractivity contribution >= 4 is 29.1 Å². The second-order valence-electron chi connectivity index (χ2n) is 9.00. The Hall–Kier alpha value is -1.79. The molecular formula is C26H35Cl2N3O2. The van der Waals surface area contributed by atoms with Gasteiger partial charge in [0.15, 0.2) is 0 Å². The van der Waals surface area contributed by atoms with Crippen LogP contribution in [0, 0.1) is 0 Å². The maximum Gasteiger partial charge on any atom is 0.227 e. The number of hydrogen-bond donors (Lipinski definition) is 0. The molecule has 1 aliphatic heterocycles. The SMILES string of the molecule is CN(C)CCCOc1ccccc1[C@H](CN1CCCC1)N(C)C(=O)Cc1ccc(Cl)c(Cl)c1. The summed E-state index contributed by atoms with van der Waals surface area (Å²) in [6.45, 7) is 4.55. The number of hydrogen-bond acceptors (Lipinski definition) is 4. The predicted octanol–water partition coefficient (Wildman–Crippen LogP) is 5.16. The van der Waals surface area contributed by atoms with E-state index in [4.69, 9.17) is 27.9 Å². The first-order valence-electron chi connectivity index (χ1n) is 11.6. The molecule has 1 heterocycles. The lowest BCUT2D eigenvalue weighted by Gasteiger charge is -2.33. The number of para-hydroxylation sites is 1. The van der Waals surface area contributed by atoms with E-state index in [0.29, 0.717) is 16.7 Å². The Morgan fingerprint density at radius 1 is 1.06 bits per heavy atom. The summed E-state index contributed by atoms with van der Waals surface area (Å²) in [5.74, 6) is 0.898. The molecule has 1 saturated heterocycles. The van der Waals surface area contributed by atoms with Gasteiger partial charge in [0.2, 0.25) is 5.91 Å². The molecule has 0 bridgehead atoms. The molecular weight excluding hydrogens is 457 g/mol. The number of nitrogens with zero attached hydrogens (tertiary/aromatic N) is 3. The minimum absolute atomic E-state index is 0.0417. The third-order valence-electron chi connectivity index (χ3n) is 6.12. The molecule has 0 aliphatic carbocycles. The molecule has 5 nitrogen and oxygen atoms in total. The van der Waals surface area contributed by atoms with E-state index in [1.165, 1.54) is 12.8 Å². The molecule has 1 amide bonds. The van der Waals surface area contributed by atoms with Gasteiger partial charge in [0.1, 0.15) is 5.75 Å². The van der Waals surface area contributed by atoms with Crippen LogP contribution in [-0.2, 0) is 11.2 Å². The molecule has 2 aromatic rings. The van der Waals surface area contributed by atoms with Crippen LogP contribution in [0.2, 0.25) is 10.0 Å². The van der Waals surface area contributed by atoms with Gasteiger partial charge in [0.05, 0.1) is 29.1 Å². The van der Waals surface area contributed by atoms with Crippen molar-refractivity contribution < 1.29 is 9.53 Å². The van der Waals surface area contributed by atoms with Gasteiger partial charge in [-0.2, -0.15) is 0 Å². The summed E-state index contributed by atoms with van der Waals surface area (Å²) in [5.41, 5.74) is 1.91. The van der Waals surface area contributed by atoms with E-state index in [9.17, 15) is 4.79 Å². The van der Waals surface area contributed by atoms with Gasteiger partial charge in [-0.3, -0.25) is 4.79 Å². The van der Waals surface area contributed by atoms with E-state index in [1.54, 1.807) is 12.1 Å². The highest BCUT2D eigenvalue weighted by Gasteiger charge is 2.28. The Balaban J connectivity index is 1.79. The summed E-state index contributed by atoms with van der Waals surface area (Å²) in [4.78, 5) is 19.8. The lowest BCUT2D eigenvalue weighted by molar-refractivity contribution is -0.131. The van der Waals surface area contributed by atoms with Gasteiger partial charge in [-0.25, -0.2) is 0 Å². The zero-order chi connectivity index (χ0) is 23.8. The molecule has 0 aromatic heterocycles. The number of likely N-dealkylation sites (N-methyl/N-ethyl adjacent to an activating group) is 1. The molecule has 0 radical (unpaired) electrons. The number of benzene rings is 2. The van der Waals surface area contributed by atoms with E-state index < -0.39 is 0 Å². The van der Waals surface area contributed by atoms with Crippen LogP contribution in [0.5, 0.6) is 5.75 Å². The van der Waals surface area contributed by atoms with Gasteiger partial charge >= 0.3 is 0 Å². The standard InChI is InChI=1S/C26H35Cl2N3O2/c1-29(2)13-8-16-33-25-10-5-4-9-21(25)24(19-31-14-6-7-15-31)30(3)26(32)18-20-11-12-22(27)23(28)17-20/h4-5,9-12,17,24H,6-8,13-16,18-19H2,1-3H3/t24-/m0/s1. The van der Waals surface area contributed by atoms with E-state index in [-0.39, 0.29) is 18.4 Å². The maximum absolute atomic E-state index is 13.3. The maximum atomic E-state index is 13.3. The Bertz CT molecular complexity index is 916.